The van der Waals surface area contributed by atoms with Gasteiger partial charge in [-0.05, 0) is 56.9 Å². The van der Waals surface area contributed by atoms with Crippen LogP contribution < -0.4 is 5.73 Å². The average molecular weight is 278 g/mol. The first-order chi connectivity index (χ1) is 9.79. The largest absolute Gasteiger partial charge is 0.339 e. The van der Waals surface area contributed by atoms with E-state index in [4.69, 9.17) is 5.73 Å². The van der Waals surface area contributed by atoms with Gasteiger partial charge in [0.25, 0.3) is 0 Å². The fourth-order valence-electron chi connectivity index (χ4n) is 4.45. The first kappa shape index (κ1) is 14.4. The van der Waals surface area contributed by atoms with Crippen molar-refractivity contribution in [1.82, 2.24) is 4.90 Å². The fourth-order valence-corrected chi connectivity index (χ4v) is 4.45. The zero-order valence-electron chi connectivity index (χ0n) is 12.7. The fraction of sp³-hybridized carbons (Fsp3) is 0.941. The number of hydrogen-bond acceptors (Lipinski definition) is 2. The third-order valence-electron chi connectivity index (χ3n) is 5.74. The van der Waals surface area contributed by atoms with Gasteiger partial charge in [0.05, 0.1) is 0 Å². The Labute approximate surface area is 123 Å². The monoisotopic (exact) mass is 278 g/mol. The summed E-state index contributed by atoms with van der Waals surface area (Å²) in [7, 11) is 0. The maximum absolute atomic E-state index is 12.9. The lowest BCUT2D eigenvalue weighted by atomic mass is 9.98. The molecule has 3 rings (SSSR count). The summed E-state index contributed by atoms with van der Waals surface area (Å²) in [5.41, 5.74) is 5.68. The third kappa shape index (κ3) is 3.19. The highest BCUT2D eigenvalue weighted by molar-refractivity contribution is 5.79. The van der Waals surface area contributed by atoms with Crippen molar-refractivity contribution in [2.45, 2.75) is 70.3 Å². The summed E-state index contributed by atoms with van der Waals surface area (Å²) in [6.45, 7) is 1.60. The zero-order chi connectivity index (χ0) is 13.9. The van der Waals surface area contributed by atoms with Crippen LogP contribution in [0, 0.1) is 17.8 Å². The summed E-state index contributed by atoms with van der Waals surface area (Å²) in [5.74, 6) is 2.61. The van der Waals surface area contributed by atoms with Gasteiger partial charge in [0, 0.05) is 18.5 Å². The van der Waals surface area contributed by atoms with E-state index in [9.17, 15) is 4.79 Å². The van der Waals surface area contributed by atoms with Gasteiger partial charge in [-0.2, -0.15) is 0 Å². The van der Waals surface area contributed by atoms with Gasteiger partial charge in [0.2, 0.25) is 5.91 Å². The SMILES string of the molecule is NCCCN(C(=O)C1CC2CC2C1)C1CCCCCC1. The standard InChI is InChI=1S/C17H30N2O/c18-8-5-9-19(16-6-3-1-2-4-7-16)17(20)15-11-13-10-14(13)12-15/h13-16H,1-12,18H2. The average Bonchev–Trinajstić information content (AvgIpc) is 3.16. The van der Waals surface area contributed by atoms with Gasteiger partial charge in [-0.25, -0.2) is 0 Å². The van der Waals surface area contributed by atoms with Crippen LogP contribution in [0.2, 0.25) is 0 Å². The molecule has 0 saturated heterocycles. The first-order valence-electron chi connectivity index (χ1n) is 8.80. The summed E-state index contributed by atoms with van der Waals surface area (Å²) < 4.78 is 0. The van der Waals surface area contributed by atoms with E-state index < -0.39 is 0 Å². The van der Waals surface area contributed by atoms with Gasteiger partial charge in [-0.15, -0.1) is 0 Å². The van der Waals surface area contributed by atoms with Gasteiger partial charge in [-0.1, -0.05) is 25.7 Å². The summed E-state index contributed by atoms with van der Waals surface area (Å²) in [6, 6.07) is 0.508. The van der Waals surface area contributed by atoms with Crippen molar-refractivity contribution < 1.29 is 4.79 Å². The van der Waals surface area contributed by atoms with Crippen LogP contribution in [-0.2, 0) is 4.79 Å². The Kier molecular flexibility index (Phi) is 4.65. The molecule has 0 spiro atoms. The van der Waals surface area contributed by atoms with E-state index in [1.807, 2.05) is 0 Å². The van der Waals surface area contributed by atoms with E-state index in [0.717, 1.165) is 24.8 Å². The van der Waals surface area contributed by atoms with Crippen LogP contribution >= 0.6 is 0 Å². The predicted molar refractivity (Wildman–Crippen MR) is 81.2 cm³/mol. The summed E-state index contributed by atoms with van der Waals surface area (Å²) in [5, 5.41) is 0. The number of carbonyl (C=O) groups is 1. The van der Waals surface area contributed by atoms with Crippen LogP contribution in [0.4, 0.5) is 0 Å². The number of nitrogens with two attached hydrogens (primary N) is 1. The van der Waals surface area contributed by atoms with E-state index >= 15 is 0 Å². The van der Waals surface area contributed by atoms with Crippen molar-refractivity contribution in [2.75, 3.05) is 13.1 Å². The van der Waals surface area contributed by atoms with Gasteiger partial charge >= 0.3 is 0 Å². The topological polar surface area (TPSA) is 46.3 Å². The smallest absolute Gasteiger partial charge is 0.225 e. The number of amides is 1. The molecule has 0 aliphatic heterocycles. The molecular formula is C17H30N2O. The summed E-state index contributed by atoms with van der Waals surface area (Å²) in [4.78, 5) is 15.2. The number of nitrogens with zero attached hydrogens (tertiary/aromatic N) is 1. The second-order valence-electron chi connectivity index (χ2n) is 7.24. The molecule has 2 N–H and O–H groups in total. The Hall–Kier alpha value is -0.570. The Balaban J connectivity index is 1.62. The number of fused-ring (bicyclic) bond motifs is 1. The van der Waals surface area contributed by atoms with Crippen LogP contribution in [0.5, 0.6) is 0 Å². The molecule has 3 nitrogen and oxygen atoms in total. The Bertz CT molecular complexity index is 326. The molecule has 0 radical (unpaired) electrons. The van der Waals surface area contributed by atoms with Crippen molar-refractivity contribution >= 4 is 5.91 Å². The molecule has 114 valence electrons. The molecule has 2 unspecified atom stereocenters. The molecule has 3 aliphatic carbocycles. The minimum atomic E-state index is 0.347. The maximum Gasteiger partial charge on any atom is 0.225 e. The lowest BCUT2D eigenvalue weighted by Crippen LogP contribution is -2.44. The Morgan fingerprint density at radius 1 is 1.00 bits per heavy atom. The minimum absolute atomic E-state index is 0.347. The molecular weight excluding hydrogens is 248 g/mol. The second-order valence-corrected chi connectivity index (χ2v) is 7.24. The molecule has 20 heavy (non-hydrogen) atoms. The lowest BCUT2D eigenvalue weighted by Gasteiger charge is -2.33. The summed E-state index contributed by atoms with van der Waals surface area (Å²) in [6.07, 6.45) is 12.4. The van der Waals surface area contributed by atoms with Crippen molar-refractivity contribution in [3.05, 3.63) is 0 Å². The van der Waals surface area contributed by atoms with Gasteiger partial charge < -0.3 is 10.6 Å². The molecule has 0 aromatic heterocycles. The molecule has 0 heterocycles. The molecule has 3 heteroatoms. The Morgan fingerprint density at radius 3 is 2.25 bits per heavy atom. The van der Waals surface area contributed by atoms with E-state index in [1.165, 1.54) is 57.8 Å². The van der Waals surface area contributed by atoms with Crippen molar-refractivity contribution in [1.29, 1.82) is 0 Å². The molecule has 3 saturated carbocycles. The molecule has 3 fully saturated rings. The summed E-state index contributed by atoms with van der Waals surface area (Å²) >= 11 is 0. The second kappa shape index (κ2) is 6.46. The molecule has 0 bridgehead atoms. The predicted octanol–water partition coefficient (Wildman–Crippen LogP) is 2.93. The van der Waals surface area contributed by atoms with Crippen LogP contribution in [0.25, 0.3) is 0 Å². The molecule has 2 atom stereocenters. The van der Waals surface area contributed by atoms with Gasteiger partial charge in [0.15, 0.2) is 0 Å². The lowest BCUT2D eigenvalue weighted by molar-refractivity contribution is -0.138. The van der Waals surface area contributed by atoms with E-state index in [2.05, 4.69) is 4.90 Å². The van der Waals surface area contributed by atoms with Gasteiger partial charge in [-0.3, -0.25) is 4.79 Å². The van der Waals surface area contributed by atoms with E-state index in [-0.39, 0.29) is 0 Å². The number of hydrogen-bond donors (Lipinski definition) is 1. The van der Waals surface area contributed by atoms with Gasteiger partial charge in [0.1, 0.15) is 0 Å². The van der Waals surface area contributed by atoms with Crippen LogP contribution in [0.3, 0.4) is 0 Å². The number of rotatable bonds is 5. The normalized spacial score (nSPS) is 33.5. The minimum Gasteiger partial charge on any atom is -0.339 e. The quantitative estimate of drug-likeness (QED) is 0.786. The van der Waals surface area contributed by atoms with Crippen molar-refractivity contribution in [2.24, 2.45) is 23.5 Å². The third-order valence-corrected chi connectivity index (χ3v) is 5.74. The van der Waals surface area contributed by atoms with Crippen LogP contribution in [-0.4, -0.2) is 29.9 Å². The Morgan fingerprint density at radius 2 is 1.65 bits per heavy atom. The highest BCUT2D eigenvalue weighted by Gasteiger charge is 2.49. The zero-order valence-corrected chi connectivity index (χ0v) is 12.7. The van der Waals surface area contributed by atoms with Crippen molar-refractivity contribution in [3.8, 4) is 0 Å². The molecule has 3 aliphatic rings. The number of carbonyl (C=O) groups excluding carboxylic acids is 1. The molecule has 1 amide bonds. The highest BCUT2D eigenvalue weighted by atomic mass is 16.2. The highest BCUT2D eigenvalue weighted by Crippen LogP contribution is 2.54. The molecule has 0 aromatic rings. The van der Waals surface area contributed by atoms with Crippen molar-refractivity contribution in [3.63, 3.8) is 0 Å². The van der Waals surface area contributed by atoms with Crippen LogP contribution in [0.1, 0.15) is 64.2 Å². The molecule has 0 aromatic carbocycles. The first-order valence-corrected chi connectivity index (χ1v) is 8.80. The van der Waals surface area contributed by atoms with E-state index in [0.29, 0.717) is 24.4 Å². The van der Waals surface area contributed by atoms with E-state index in [1.54, 1.807) is 0 Å². The van der Waals surface area contributed by atoms with Crippen LogP contribution in [0.15, 0.2) is 0 Å². The maximum atomic E-state index is 12.9.